The Morgan fingerprint density at radius 2 is 1.21 bits per heavy atom. The van der Waals surface area contributed by atoms with Crippen LogP contribution in [0.4, 0.5) is 0 Å². The lowest BCUT2D eigenvalue weighted by Gasteiger charge is -2.41. The van der Waals surface area contributed by atoms with E-state index in [1.165, 1.54) is 24.0 Å². The fourth-order valence-corrected chi connectivity index (χ4v) is 5.48. The zero-order valence-electron chi connectivity index (χ0n) is 18.5. The lowest BCUT2D eigenvalue weighted by Crippen LogP contribution is -2.33. The van der Waals surface area contributed by atoms with E-state index in [-0.39, 0.29) is 10.8 Å². The molecule has 2 atom stereocenters. The molecule has 0 aliphatic heterocycles. The molecule has 0 saturated heterocycles. The highest BCUT2D eigenvalue weighted by Crippen LogP contribution is 2.50. The summed E-state index contributed by atoms with van der Waals surface area (Å²) in [4.78, 5) is 0. The highest BCUT2D eigenvalue weighted by molar-refractivity contribution is 6.30. The van der Waals surface area contributed by atoms with Crippen LogP contribution in [0.15, 0.2) is 35.4 Å². The van der Waals surface area contributed by atoms with E-state index in [2.05, 4.69) is 53.7 Å². The molecule has 0 heterocycles. The average Bonchev–Trinajstić information content (AvgIpc) is 2.64. The fourth-order valence-electron chi connectivity index (χ4n) is 5.26. The molecule has 0 bridgehead atoms. The van der Waals surface area contributed by atoms with Gasteiger partial charge < -0.3 is 5.11 Å². The fraction of sp³-hybridized carbons (Fsp3) is 0.615. The zero-order valence-corrected chi connectivity index (χ0v) is 19.3. The molecule has 3 rings (SSSR count). The first kappa shape index (κ1) is 21.5. The molecule has 1 nitrogen and oxygen atoms in total. The quantitative estimate of drug-likeness (QED) is 0.506. The van der Waals surface area contributed by atoms with E-state index in [4.69, 9.17) is 11.6 Å². The van der Waals surface area contributed by atoms with Crippen LogP contribution in [0.5, 0.6) is 5.75 Å². The second kappa shape index (κ2) is 7.90. The Morgan fingerprint density at radius 3 is 1.54 bits per heavy atom. The van der Waals surface area contributed by atoms with Gasteiger partial charge in [0.25, 0.3) is 0 Å². The van der Waals surface area contributed by atoms with Gasteiger partial charge in [0.1, 0.15) is 5.75 Å². The lowest BCUT2D eigenvalue weighted by atomic mass is 9.64. The van der Waals surface area contributed by atoms with Crippen LogP contribution in [0, 0.1) is 11.8 Å². The molecule has 154 valence electrons. The molecular formula is C26H37ClO. The summed E-state index contributed by atoms with van der Waals surface area (Å²) >= 11 is 6.62. The van der Waals surface area contributed by atoms with Gasteiger partial charge in [0.05, 0.1) is 0 Å². The third-order valence-corrected chi connectivity index (χ3v) is 8.00. The molecule has 0 spiro atoms. The summed E-state index contributed by atoms with van der Waals surface area (Å²) < 4.78 is 0. The van der Waals surface area contributed by atoms with Gasteiger partial charge in [-0.05, 0) is 87.2 Å². The van der Waals surface area contributed by atoms with E-state index in [9.17, 15) is 5.11 Å². The van der Waals surface area contributed by atoms with Crippen molar-refractivity contribution in [3.8, 4) is 5.75 Å². The predicted octanol–water partition coefficient (Wildman–Crippen LogP) is 8.09. The van der Waals surface area contributed by atoms with Gasteiger partial charge >= 0.3 is 0 Å². The second-order valence-corrected chi connectivity index (χ2v) is 10.8. The number of phenolic OH excluding ortho intramolecular Hbond substituents is 1. The molecule has 2 heteroatoms. The maximum atomic E-state index is 11.5. The van der Waals surface area contributed by atoms with Gasteiger partial charge in [-0.15, -0.1) is 0 Å². The van der Waals surface area contributed by atoms with Crippen molar-refractivity contribution in [3.05, 3.63) is 51.6 Å². The molecule has 1 aromatic carbocycles. The van der Waals surface area contributed by atoms with E-state index < -0.39 is 0 Å². The molecule has 1 aromatic rings. The van der Waals surface area contributed by atoms with E-state index >= 15 is 0 Å². The van der Waals surface area contributed by atoms with Gasteiger partial charge in [-0.2, -0.15) is 0 Å². The highest BCUT2D eigenvalue weighted by Gasteiger charge is 2.39. The third-order valence-electron chi connectivity index (χ3n) is 7.78. The first-order valence-corrected chi connectivity index (χ1v) is 11.3. The van der Waals surface area contributed by atoms with E-state index in [0.29, 0.717) is 17.6 Å². The zero-order chi connectivity index (χ0) is 20.7. The molecule has 2 aliphatic rings. The minimum atomic E-state index is -0.111. The number of hydrogen-bond acceptors (Lipinski definition) is 1. The van der Waals surface area contributed by atoms with E-state index in [1.54, 1.807) is 0 Å². The minimum absolute atomic E-state index is 0.111. The van der Waals surface area contributed by atoms with Crippen LogP contribution < -0.4 is 0 Å². The molecule has 28 heavy (non-hydrogen) atoms. The minimum Gasteiger partial charge on any atom is -0.507 e. The Morgan fingerprint density at radius 1 is 0.821 bits per heavy atom. The monoisotopic (exact) mass is 400 g/mol. The normalized spacial score (nSPS) is 24.0. The SMILES string of the molecule is CC1=CCC(C(C)(C)c2cc(Cl)cc(C(C)(C)C3CC=C(C)CC3)c2O)CC1. The number of allylic oxidation sites excluding steroid dienone is 4. The number of hydrogen-bond donors (Lipinski definition) is 1. The molecule has 0 saturated carbocycles. The van der Waals surface area contributed by atoms with E-state index in [1.807, 2.05) is 12.1 Å². The van der Waals surface area contributed by atoms with Crippen molar-refractivity contribution in [2.75, 3.05) is 0 Å². The van der Waals surface area contributed by atoms with Crippen molar-refractivity contribution in [3.63, 3.8) is 0 Å². The summed E-state index contributed by atoms with van der Waals surface area (Å²) in [5.41, 5.74) is 4.79. The number of phenols is 1. The smallest absolute Gasteiger partial charge is 0.123 e. The summed E-state index contributed by atoms with van der Waals surface area (Å²) in [7, 11) is 0. The molecule has 2 unspecified atom stereocenters. The molecular weight excluding hydrogens is 364 g/mol. The topological polar surface area (TPSA) is 20.2 Å². The molecule has 2 aliphatic carbocycles. The van der Waals surface area contributed by atoms with Crippen LogP contribution in [-0.2, 0) is 10.8 Å². The van der Waals surface area contributed by atoms with Crippen LogP contribution in [0.3, 0.4) is 0 Å². The van der Waals surface area contributed by atoms with Crippen molar-refractivity contribution in [1.82, 2.24) is 0 Å². The number of halogens is 1. The third kappa shape index (κ3) is 4.06. The van der Waals surface area contributed by atoms with Gasteiger partial charge in [-0.25, -0.2) is 0 Å². The number of benzene rings is 1. The Hall–Kier alpha value is -1.21. The van der Waals surface area contributed by atoms with Gasteiger partial charge in [0.15, 0.2) is 0 Å². The molecule has 0 fully saturated rings. The average molecular weight is 401 g/mol. The van der Waals surface area contributed by atoms with Crippen molar-refractivity contribution >= 4 is 11.6 Å². The van der Waals surface area contributed by atoms with Crippen molar-refractivity contribution in [2.45, 2.75) is 90.9 Å². The Kier molecular flexibility index (Phi) is 6.07. The Bertz CT molecular complexity index is 734. The lowest BCUT2D eigenvalue weighted by molar-refractivity contribution is 0.267. The van der Waals surface area contributed by atoms with Gasteiger partial charge in [-0.1, -0.05) is 62.6 Å². The van der Waals surface area contributed by atoms with Crippen LogP contribution in [0.2, 0.25) is 5.02 Å². The largest absolute Gasteiger partial charge is 0.507 e. The standard InChI is InChI=1S/C26H37ClO/c1-17-7-11-19(12-8-17)25(3,4)22-15-21(27)16-23(24(22)28)26(5,6)20-13-9-18(2)10-14-20/h7,9,15-16,19-20,28H,8,10-14H2,1-6H3. The van der Waals surface area contributed by atoms with Crippen molar-refractivity contribution < 1.29 is 5.11 Å². The van der Waals surface area contributed by atoms with E-state index in [0.717, 1.165) is 41.8 Å². The number of rotatable bonds is 4. The molecule has 1 N–H and O–H groups in total. The Labute approximate surface area is 176 Å². The van der Waals surface area contributed by atoms with Crippen LogP contribution in [0.1, 0.15) is 91.2 Å². The van der Waals surface area contributed by atoms with Gasteiger partial charge in [0, 0.05) is 16.1 Å². The number of aromatic hydroxyl groups is 1. The van der Waals surface area contributed by atoms with Crippen LogP contribution >= 0.6 is 11.6 Å². The summed E-state index contributed by atoms with van der Waals surface area (Å²) in [5.74, 6) is 1.52. The van der Waals surface area contributed by atoms with Crippen molar-refractivity contribution in [1.29, 1.82) is 0 Å². The van der Waals surface area contributed by atoms with Crippen LogP contribution in [0.25, 0.3) is 0 Å². The predicted molar refractivity (Wildman–Crippen MR) is 121 cm³/mol. The summed E-state index contributed by atoms with van der Waals surface area (Å²) in [6.45, 7) is 13.6. The Balaban J connectivity index is 2.00. The first-order valence-electron chi connectivity index (χ1n) is 10.9. The van der Waals surface area contributed by atoms with Gasteiger partial charge in [-0.3, -0.25) is 0 Å². The van der Waals surface area contributed by atoms with Gasteiger partial charge in [0.2, 0.25) is 0 Å². The highest BCUT2D eigenvalue weighted by atomic mass is 35.5. The molecule has 0 radical (unpaired) electrons. The van der Waals surface area contributed by atoms with Crippen LogP contribution in [-0.4, -0.2) is 5.11 Å². The first-order chi connectivity index (χ1) is 13.0. The molecule has 0 amide bonds. The van der Waals surface area contributed by atoms with Crippen molar-refractivity contribution in [2.24, 2.45) is 11.8 Å². The second-order valence-electron chi connectivity index (χ2n) is 10.3. The maximum Gasteiger partial charge on any atom is 0.123 e. The summed E-state index contributed by atoms with van der Waals surface area (Å²) in [5, 5.41) is 12.2. The summed E-state index contributed by atoms with van der Waals surface area (Å²) in [6, 6.07) is 4.01. The summed E-state index contributed by atoms with van der Waals surface area (Å²) in [6.07, 6.45) is 11.6. The molecule has 0 aromatic heterocycles. The maximum absolute atomic E-state index is 11.5.